The monoisotopic (exact) mass is 358 g/mol. The summed E-state index contributed by atoms with van der Waals surface area (Å²) in [5.74, 6) is -0.0483. The van der Waals surface area contributed by atoms with Crippen LogP contribution in [0.1, 0.15) is 5.69 Å². The summed E-state index contributed by atoms with van der Waals surface area (Å²) in [7, 11) is 0. The molecule has 8 heteroatoms. The van der Waals surface area contributed by atoms with E-state index in [4.69, 9.17) is 0 Å². The molecule has 1 amide bonds. The van der Waals surface area contributed by atoms with E-state index in [1.807, 2.05) is 30.3 Å². The molecule has 0 radical (unpaired) electrons. The molecule has 0 unspecified atom stereocenters. The van der Waals surface area contributed by atoms with Crippen molar-refractivity contribution in [3.63, 3.8) is 0 Å². The van der Waals surface area contributed by atoms with Crippen LogP contribution >= 0.6 is 23.1 Å². The number of carbonyl (C=O) groups is 1. The lowest BCUT2D eigenvalue weighted by atomic mass is 10.3. The Hall–Kier alpha value is -2.45. The molecule has 6 nitrogen and oxygen atoms in total. The molecule has 3 rings (SSSR count). The Balaban J connectivity index is 1.82. The predicted octanol–water partition coefficient (Wildman–Crippen LogP) is 2.73. The molecule has 0 bridgehead atoms. The van der Waals surface area contributed by atoms with Gasteiger partial charge in [-0.2, -0.15) is 0 Å². The first-order valence-corrected chi connectivity index (χ1v) is 8.98. The lowest BCUT2D eigenvalue weighted by Crippen LogP contribution is -2.22. The molecule has 0 aliphatic rings. The number of benzene rings is 1. The van der Waals surface area contributed by atoms with E-state index in [0.29, 0.717) is 16.0 Å². The average molecular weight is 358 g/mol. The summed E-state index contributed by atoms with van der Waals surface area (Å²) in [6.07, 6.45) is 1.63. The average Bonchev–Trinajstić information content (AvgIpc) is 3.06. The van der Waals surface area contributed by atoms with Gasteiger partial charge in [-0.15, -0.1) is 11.3 Å². The van der Waals surface area contributed by atoms with Crippen LogP contribution in [0.2, 0.25) is 0 Å². The Kier molecular flexibility index (Phi) is 5.07. The largest absolute Gasteiger partial charge is 0.301 e. The second kappa shape index (κ2) is 7.41. The summed E-state index contributed by atoms with van der Waals surface area (Å²) >= 11 is 2.57. The van der Waals surface area contributed by atoms with E-state index in [-0.39, 0.29) is 17.2 Å². The minimum Gasteiger partial charge on any atom is -0.301 e. The van der Waals surface area contributed by atoms with Gasteiger partial charge in [0.05, 0.1) is 11.4 Å². The van der Waals surface area contributed by atoms with Crippen molar-refractivity contribution in [1.29, 1.82) is 0 Å². The van der Waals surface area contributed by atoms with Crippen molar-refractivity contribution >= 4 is 34.1 Å². The third kappa shape index (κ3) is 3.90. The molecule has 0 aliphatic heterocycles. The van der Waals surface area contributed by atoms with Crippen molar-refractivity contribution in [2.45, 2.75) is 12.1 Å². The van der Waals surface area contributed by atoms with Crippen molar-refractivity contribution in [2.75, 3.05) is 11.1 Å². The molecule has 0 atom stereocenters. The zero-order chi connectivity index (χ0) is 16.9. The molecule has 1 aromatic carbocycles. The zero-order valence-electron chi connectivity index (χ0n) is 12.8. The van der Waals surface area contributed by atoms with Crippen LogP contribution in [0.4, 0.5) is 5.13 Å². The van der Waals surface area contributed by atoms with Gasteiger partial charge in [0, 0.05) is 23.3 Å². The Morgan fingerprint density at radius 2 is 2.12 bits per heavy atom. The number of amides is 1. The second-order valence-electron chi connectivity index (χ2n) is 4.86. The van der Waals surface area contributed by atoms with Crippen LogP contribution in [0.25, 0.3) is 5.69 Å². The molecular weight excluding hydrogens is 344 g/mol. The van der Waals surface area contributed by atoms with Crippen molar-refractivity contribution in [2.24, 2.45) is 0 Å². The molecule has 0 spiro atoms. The SMILES string of the molecule is Cc1cc(=O)n(-c2ccccc2)c(SCC(=O)Nc2nccs2)n1. The quantitative estimate of drug-likeness (QED) is 0.560. The number of anilines is 1. The Morgan fingerprint density at radius 1 is 1.33 bits per heavy atom. The summed E-state index contributed by atoms with van der Waals surface area (Å²) in [6.45, 7) is 1.76. The van der Waals surface area contributed by atoms with Gasteiger partial charge in [0.25, 0.3) is 5.56 Å². The fourth-order valence-electron chi connectivity index (χ4n) is 2.05. The van der Waals surface area contributed by atoms with Gasteiger partial charge in [-0.25, -0.2) is 9.97 Å². The highest BCUT2D eigenvalue weighted by Gasteiger charge is 2.12. The standard InChI is InChI=1S/C16H14N4O2S2/c1-11-9-14(22)20(12-5-3-2-4-6-12)16(18-11)24-10-13(21)19-15-17-7-8-23-15/h2-9H,10H2,1H3,(H,17,19,21). The fraction of sp³-hybridized carbons (Fsp3) is 0.125. The Bertz CT molecular complexity index is 892. The number of rotatable bonds is 5. The van der Waals surface area contributed by atoms with Gasteiger partial charge in [-0.3, -0.25) is 14.2 Å². The van der Waals surface area contributed by atoms with E-state index in [1.165, 1.54) is 33.7 Å². The van der Waals surface area contributed by atoms with Gasteiger partial charge >= 0.3 is 0 Å². The van der Waals surface area contributed by atoms with Crippen LogP contribution < -0.4 is 10.9 Å². The Labute approximate surface area is 146 Å². The zero-order valence-corrected chi connectivity index (χ0v) is 14.4. The van der Waals surface area contributed by atoms with E-state index in [2.05, 4.69) is 15.3 Å². The number of aromatic nitrogens is 3. The first kappa shape index (κ1) is 16.4. The molecule has 3 aromatic rings. The fourth-order valence-corrected chi connectivity index (χ4v) is 3.46. The molecule has 1 N–H and O–H groups in total. The van der Waals surface area contributed by atoms with Crippen LogP contribution in [0, 0.1) is 6.92 Å². The predicted molar refractivity (Wildman–Crippen MR) is 96.0 cm³/mol. The number of thiazole rings is 1. The second-order valence-corrected chi connectivity index (χ2v) is 6.70. The lowest BCUT2D eigenvalue weighted by Gasteiger charge is -2.11. The van der Waals surface area contributed by atoms with Crippen LogP contribution in [0.3, 0.4) is 0 Å². The number of thioether (sulfide) groups is 1. The van der Waals surface area contributed by atoms with Crippen molar-refractivity contribution < 1.29 is 4.79 Å². The number of para-hydroxylation sites is 1. The third-order valence-corrected chi connectivity index (χ3v) is 4.67. The maximum Gasteiger partial charge on any atom is 0.258 e. The minimum atomic E-state index is -0.190. The van der Waals surface area contributed by atoms with Gasteiger partial charge in [-0.05, 0) is 19.1 Å². The maximum atomic E-state index is 12.4. The topological polar surface area (TPSA) is 76.9 Å². The smallest absolute Gasteiger partial charge is 0.258 e. The summed E-state index contributed by atoms with van der Waals surface area (Å²) in [5.41, 5.74) is 1.17. The van der Waals surface area contributed by atoms with E-state index < -0.39 is 0 Å². The van der Waals surface area contributed by atoms with E-state index in [9.17, 15) is 9.59 Å². The number of hydrogen-bond donors (Lipinski definition) is 1. The number of carbonyl (C=O) groups excluding carboxylic acids is 1. The van der Waals surface area contributed by atoms with Gasteiger partial charge in [-0.1, -0.05) is 30.0 Å². The highest BCUT2D eigenvalue weighted by molar-refractivity contribution is 7.99. The molecular formula is C16H14N4O2S2. The summed E-state index contributed by atoms with van der Waals surface area (Å²) in [5, 5.41) is 5.54. The number of nitrogens with one attached hydrogen (secondary N) is 1. The van der Waals surface area contributed by atoms with E-state index in [0.717, 1.165) is 5.69 Å². The molecule has 2 heterocycles. The molecule has 122 valence electrons. The van der Waals surface area contributed by atoms with Gasteiger partial charge in [0.2, 0.25) is 5.91 Å². The Morgan fingerprint density at radius 3 is 2.83 bits per heavy atom. The summed E-state index contributed by atoms with van der Waals surface area (Å²) in [4.78, 5) is 32.8. The molecule has 0 saturated heterocycles. The molecule has 24 heavy (non-hydrogen) atoms. The van der Waals surface area contributed by atoms with Crippen LogP contribution in [-0.4, -0.2) is 26.2 Å². The first-order chi connectivity index (χ1) is 11.6. The number of nitrogens with zero attached hydrogens (tertiary/aromatic N) is 3. The molecule has 2 aromatic heterocycles. The van der Waals surface area contributed by atoms with Crippen molar-refractivity contribution in [1.82, 2.24) is 14.5 Å². The summed E-state index contributed by atoms with van der Waals surface area (Å²) in [6, 6.07) is 10.7. The normalized spacial score (nSPS) is 10.5. The van der Waals surface area contributed by atoms with Gasteiger partial charge < -0.3 is 5.32 Å². The van der Waals surface area contributed by atoms with E-state index >= 15 is 0 Å². The number of aryl methyl sites for hydroxylation is 1. The van der Waals surface area contributed by atoms with Crippen LogP contribution in [-0.2, 0) is 4.79 Å². The summed E-state index contributed by atoms with van der Waals surface area (Å²) < 4.78 is 1.51. The molecule has 0 saturated carbocycles. The van der Waals surface area contributed by atoms with Crippen molar-refractivity contribution in [3.05, 3.63) is 64.0 Å². The lowest BCUT2D eigenvalue weighted by molar-refractivity contribution is -0.113. The highest BCUT2D eigenvalue weighted by Crippen LogP contribution is 2.19. The number of hydrogen-bond acceptors (Lipinski definition) is 6. The highest BCUT2D eigenvalue weighted by atomic mass is 32.2. The first-order valence-electron chi connectivity index (χ1n) is 7.12. The van der Waals surface area contributed by atoms with Crippen LogP contribution in [0.5, 0.6) is 0 Å². The van der Waals surface area contributed by atoms with Crippen molar-refractivity contribution in [3.8, 4) is 5.69 Å². The molecule has 0 aliphatic carbocycles. The molecule has 0 fully saturated rings. The maximum absolute atomic E-state index is 12.4. The van der Waals surface area contributed by atoms with Gasteiger partial charge in [0.15, 0.2) is 10.3 Å². The minimum absolute atomic E-state index is 0.141. The van der Waals surface area contributed by atoms with Gasteiger partial charge in [0.1, 0.15) is 0 Å². The van der Waals surface area contributed by atoms with Crippen LogP contribution in [0.15, 0.2) is 57.9 Å². The van der Waals surface area contributed by atoms with E-state index in [1.54, 1.807) is 18.5 Å². The third-order valence-electron chi connectivity index (χ3n) is 3.04.